The van der Waals surface area contributed by atoms with Gasteiger partial charge in [0.25, 0.3) is 0 Å². The summed E-state index contributed by atoms with van der Waals surface area (Å²) in [7, 11) is 0. The van der Waals surface area contributed by atoms with Crippen molar-refractivity contribution in [2.45, 2.75) is 83.8 Å². The zero-order chi connectivity index (χ0) is 17.6. The Balaban J connectivity index is 1.45. The van der Waals surface area contributed by atoms with E-state index >= 15 is 0 Å². The Hall–Kier alpha value is -0.410. The van der Waals surface area contributed by atoms with Crippen LogP contribution in [0.15, 0.2) is 0 Å². The third kappa shape index (κ3) is 1.87. The van der Waals surface area contributed by atoms with Gasteiger partial charge in [-0.3, -0.25) is 4.79 Å². The number of hydrogen-bond donors (Lipinski definition) is 1. The Morgan fingerprint density at radius 1 is 1.12 bits per heavy atom. The number of carbonyl (C=O) groups is 1. The van der Waals surface area contributed by atoms with Crippen molar-refractivity contribution in [1.29, 1.82) is 0 Å². The number of Topliss-reactive ketones (excluding diaryl/α,β-unsaturated/α-hetero) is 1. The van der Waals surface area contributed by atoms with Gasteiger partial charge in [-0.15, -0.1) is 0 Å². The SMILES string of the molecule is CC(CO)[C@H]1CC[C@H]2[C@@H]3CCC45OC4C(=O)CC[C@]5(C)[C@H]3CC[C@]12C. The van der Waals surface area contributed by atoms with Crippen LogP contribution in [0.4, 0.5) is 0 Å². The lowest BCUT2D eigenvalue weighted by Crippen LogP contribution is -2.58. The smallest absolute Gasteiger partial charge is 0.164 e. The number of ether oxygens (including phenoxy) is 1. The lowest BCUT2D eigenvalue weighted by atomic mass is 9.44. The Kier molecular flexibility index (Phi) is 3.41. The van der Waals surface area contributed by atoms with Crippen molar-refractivity contribution in [3.63, 3.8) is 0 Å². The van der Waals surface area contributed by atoms with Crippen molar-refractivity contribution >= 4 is 5.78 Å². The zero-order valence-corrected chi connectivity index (χ0v) is 16.1. The minimum atomic E-state index is -0.0896. The quantitative estimate of drug-likeness (QED) is 0.770. The lowest BCUT2D eigenvalue weighted by Gasteiger charge is -2.59. The van der Waals surface area contributed by atoms with Crippen molar-refractivity contribution in [2.75, 3.05) is 6.61 Å². The highest BCUT2D eigenvalue weighted by atomic mass is 16.6. The molecule has 5 fully saturated rings. The Morgan fingerprint density at radius 2 is 1.92 bits per heavy atom. The molecule has 0 aromatic carbocycles. The van der Waals surface area contributed by atoms with Gasteiger partial charge >= 0.3 is 0 Å². The molecule has 0 aromatic heterocycles. The second-order valence-corrected chi connectivity index (χ2v) is 10.6. The summed E-state index contributed by atoms with van der Waals surface area (Å²) in [6.45, 7) is 7.57. The number of hydrogen-bond acceptors (Lipinski definition) is 3. The Labute approximate surface area is 151 Å². The molecule has 4 saturated carbocycles. The van der Waals surface area contributed by atoms with E-state index in [1.807, 2.05) is 0 Å². The van der Waals surface area contributed by atoms with Crippen molar-refractivity contribution in [3.05, 3.63) is 0 Å². The highest BCUT2D eigenvalue weighted by molar-refractivity contribution is 5.88. The highest BCUT2D eigenvalue weighted by Gasteiger charge is 2.76. The number of rotatable bonds is 2. The molecule has 1 saturated heterocycles. The van der Waals surface area contributed by atoms with E-state index in [1.54, 1.807) is 0 Å². The van der Waals surface area contributed by atoms with Crippen LogP contribution in [0.2, 0.25) is 0 Å². The predicted molar refractivity (Wildman–Crippen MR) is 96.0 cm³/mol. The molecule has 3 heteroatoms. The molecule has 5 rings (SSSR count). The molecule has 1 spiro atoms. The molecule has 25 heavy (non-hydrogen) atoms. The minimum absolute atomic E-state index is 0.0637. The minimum Gasteiger partial charge on any atom is -0.396 e. The third-order valence-electron chi connectivity index (χ3n) is 10.00. The molecule has 140 valence electrons. The molecule has 9 atom stereocenters. The fourth-order valence-electron chi connectivity index (χ4n) is 8.60. The third-order valence-corrected chi connectivity index (χ3v) is 10.00. The average Bonchev–Trinajstić information content (AvgIpc) is 3.25. The molecule has 3 unspecified atom stereocenters. The summed E-state index contributed by atoms with van der Waals surface area (Å²) in [5.74, 6) is 3.85. The Bertz CT molecular complexity index is 602. The standard InChI is InChI=1S/C22H34O3/c1-13(12-23)15-4-5-16-14-6-11-22-19(25-22)18(24)8-10-21(22,3)17(14)7-9-20(15,16)2/h13-17,19,23H,4-12H2,1-3H3/t13?,14-,15+,16-,17-,19?,20+,21+,22?/m0/s1. The zero-order valence-electron chi connectivity index (χ0n) is 16.1. The molecule has 0 radical (unpaired) electrons. The summed E-state index contributed by atoms with van der Waals surface area (Å²) in [5.41, 5.74) is 0.544. The summed E-state index contributed by atoms with van der Waals surface area (Å²) in [6.07, 6.45) is 9.32. The van der Waals surface area contributed by atoms with Crippen LogP contribution in [0, 0.1) is 40.4 Å². The second kappa shape index (κ2) is 5.10. The average molecular weight is 347 g/mol. The second-order valence-electron chi connectivity index (χ2n) is 10.6. The van der Waals surface area contributed by atoms with E-state index in [-0.39, 0.29) is 17.1 Å². The van der Waals surface area contributed by atoms with E-state index in [4.69, 9.17) is 4.74 Å². The van der Waals surface area contributed by atoms with Crippen molar-refractivity contribution in [3.8, 4) is 0 Å². The summed E-state index contributed by atoms with van der Waals surface area (Å²) in [5, 5.41) is 9.74. The van der Waals surface area contributed by atoms with Gasteiger partial charge in [0, 0.05) is 18.4 Å². The van der Waals surface area contributed by atoms with Gasteiger partial charge < -0.3 is 9.84 Å². The van der Waals surface area contributed by atoms with Gasteiger partial charge in [0.1, 0.15) is 11.7 Å². The maximum absolute atomic E-state index is 12.2. The number of aliphatic hydroxyl groups is 1. The maximum Gasteiger partial charge on any atom is 0.164 e. The summed E-state index contributed by atoms with van der Waals surface area (Å²) < 4.78 is 6.16. The van der Waals surface area contributed by atoms with Crippen LogP contribution >= 0.6 is 0 Å². The molecule has 0 bridgehead atoms. The molecule has 0 amide bonds. The van der Waals surface area contributed by atoms with E-state index in [0.717, 1.165) is 37.0 Å². The molecule has 1 aliphatic heterocycles. The number of carbonyl (C=O) groups excluding carboxylic acids is 1. The predicted octanol–water partition coefficient (Wildman–Crippen LogP) is 3.97. The number of aliphatic hydroxyl groups excluding tert-OH is 1. The maximum atomic E-state index is 12.2. The van der Waals surface area contributed by atoms with Crippen LogP contribution in [0.5, 0.6) is 0 Å². The van der Waals surface area contributed by atoms with Crippen molar-refractivity contribution in [1.82, 2.24) is 0 Å². The van der Waals surface area contributed by atoms with Crippen LogP contribution in [0.1, 0.15) is 72.1 Å². The van der Waals surface area contributed by atoms with Gasteiger partial charge in [-0.25, -0.2) is 0 Å². The first kappa shape index (κ1) is 16.7. The Morgan fingerprint density at radius 3 is 2.68 bits per heavy atom. The van der Waals surface area contributed by atoms with E-state index < -0.39 is 0 Å². The summed E-state index contributed by atoms with van der Waals surface area (Å²) >= 11 is 0. The first-order valence-corrected chi connectivity index (χ1v) is 10.7. The van der Waals surface area contributed by atoms with Crippen LogP contribution in [0.3, 0.4) is 0 Å². The van der Waals surface area contributed by atoms with Gasteiger partial charge in [-0.2, -0.15) is 0 Å². The summed E-state index contributed by atoms with van der Waals surface area (Å²) in [6, 6.07) is 0. The fraction of sp³-hybridized carbons (Fsp3) is 0.955. The van der Waals surface area contributed by atoms with Crippen molar-refractivity contribution < 1.29 is 14.6 Å². The molecule has 1 N–H and O–H groups in total. The molecule has 0 aromatic rings. The highest BCUT2D eigenvalue weighted by Crippen LogP contribution is 2.73. The largest absolute Gasteiger partial charge is 0.396 e. The van der Waals surface area contributed by atoms with Gasteiger partial charge in [-0.1, -0.05) is 20.8 Å². The lowest BCUT2D eigenvalue weighted by molar-refractivity contribution is -0.132. The van der Waals surface area contributed by atoms with Crippen LogP contribution < -0.4 is 0 Å². The van der Waals surface area contributed by atoms with E-state index in [1.165, 1.54) is 32.1 Å². The number of ketones is 1. The van der Waals surface area contributed by atoms with Gasteiger partial charge in [-0.05, 0) is 80.0 Å². The van der Waals surface area contributed by atoms with E-state index in [0.29, 0.717) is 29.6 Å². The van der Waals surface area contributed by atoms with Crippen LogP contribution in [-0.2, 0) is 9.53 Å². The van der Waals surface area contributed by atoms with Crippen LogP contribution in [0.25, 0.3) is 0 Å². The first-order chi connectivity index (χ1) is 11.9. The van der Waals surface area contributed by atoms with E-state index in [9.17, 15) is 9.90 Å². The molecule has 4 aliphatic carbocycles. The van der Waals surface area contributed by atoms with Gasteiger partial charge in [0.05, 0.1) is 0 Å². The number of epoxide rings is 1. The van der Waals surface area contributed by atoms with Gasteiger partial charge in [0.2, 0.25) is 0 Å². The van der Waals surface area contributed by atoms with Crippen molar-refractivity contribution in [2.24, 2.45) is 40.4 Å². The van der Waals surface area contributed by atoms with Gasteiger partial charge in [0.15, 0.2) is 5.78 Å². The molecular weight excluding hydrogens is 312 g/mol. The normalized spacial score (nSPS) is 57.9. The molecule has 5 aliphatic rings. The summed E-state index contributed by atoms with van der Waals surface area (Å²) in [4.78, 5) is 12.2. The fourth-order valence-corrected chi connectivity index (χ4v) is 8.60. The topological polar surface area (TPSA) is 49.8 Å². The molecule has 1 heterocycles. The monoisotopic (exact) mass is 346 g/mol. The van der Waals surface area contributed by atoms with Crippen LogP contribution in [-0.4, -0.2) is 29.2 Å². The van der Waals surface area contributed by atoms with E-state index in [2.05, 4.69) is 20.8 Å². The number of fused-ring (bicyclic) bond motifs is 4. The first-order valence-electron chi connectivity index (χ1n) is 10.7. The molecular formula is C22H34O3. The molecule has 3 nitrogen and oxygen atoms in total.